The van der Waals surface area contributed by atoms with Gasteiger partial charge in [-0.05, 0) is 31.5 Å². The fourth-order valence-corrected chi connectivity index (χ4v) is 2.98. The lowest BCUT2D eigenvalue weighted by atomic mass is 10.2. The number of rotatable bonds is 4. The van der Waals surface area contributed by atoms with Crippen LogP contribution in [-0.2, 0) is 23.6 Å². The summed E-state index contributed by atoms with van der Waals surface area (Å²) in [6.45, 7) is 4.16. The molecule has 0 atom stereocenters. The van der Waals surface area contributed by atoms with E-state index in [9.17, 15) is 8.42 Å². The van der Waals surface area contributed by atoms with Crippen molar-refractivity contribution in [2.75, 3.05) is 5.32 Å². The van der Waals surface area contributed by atoms with Gasteiger partial charge in [0.1, 0.15) is 5.82 Å². The van der Waals surface area contributed by atoms with E-state index >= 15 is 0 Å². The number of pyridine rings is 1. The van der Waals surface area contributed by atoms with Gasteiger partial charge < -0.3 is 5.32 Å². The monoisotopic (exact) mass is 295 g/mol. The molecule has 0 saturated carbocycles. The number of anilines is 1. The Hall–Kier alpha value is -1.93. The minimum Gasteiger partial charge on any atom is -0.366 e. The highest BCUT2D eigenvalue weighted by molar-refractivity contribution is 7.89. The van der Waals surface area contributed by atoms with Crippen molar-refractivity contribution >= 4 is 15.8 Å². The third-order valence-electron chi connectivity index (χ3n) is 2.78. The highest BCUT2D eigenvalue weighted by Gasteiger charge is 2.19. The number of hydrogen-bond acceptors (Lipinski definition) is 5. The normalized spacial score (nSPS) is 11.6. The Bertz CT molecular complexity index is 716. The molecule has 0 radical (unpaired) electrons. The van der Waals surface area contributed by atoms with Gasteiger partial charge in [-0.25, -0.2) is 18.5 Å². The molecule has 2 aromatic heterocycles. The van der Waals surface area contributed by atoms with Crippen LogP contribution < -0.4 is 10.5 Å². The molecule has 2 heterocycles. The molecule has 0 fully saturated rings. The molecule has 108 valence electrons. The number of aryl methyl sites for hydroxylation is 3. The summed E-state index contributed by atoms with van der Waals surface area (Å²) in [7, 11) is -2.26. The van der Waals surface area contributed by atoms with Crippen molar-refractivity contribution in [2.24, 2.45) is 12.2 Å². The first-order valence-corrected chi connectivity index (χ1v) is 7.55. The molecule has 0 spiro atoms. The zero-order chi connectivity index (χ0) is 14.9. The predicted molar refractivity (Wildman–Crippen MR) is 75.6 cm³/mol. The van der Waals surface area contributed by atoms with E-state index in [2.05, 4.69) is 15.4 Å². The molecule has 2 rings (SSSR count). The van der Waals surface area contributed by atoms with E-state index in [1.165, 1.54) is 17.9 Å². The standard InChI is InChI=1S/C12H17N5O2S/c1-8-4-9(2)16-11(5-8)14-6-10-7-15-17(3)12(10)20(13,18)19/h4-5,7H,6H2,1-3H3,(H,14,16)(H2,13,18,19). The van der Waals surface area contributed by atoms with E-state index in [4.69, 9.17) is 5.14 Å². The maximum atomic E-state index is 11.5. The van der Waals surface area contributed by atoms with Crippen LogP contribution in [0.2, 0.25) is 0 Å². The maximum absolute atomic E-state index is 11.5. The number of nitrogens with one attached hydrogen (secondary N) is 1. The second kappa shape index (κ2) is 5.22. The van der Waals surface area contributed by atoms with Gasteiger partial charge in [0.2, 0.25) is 0 Å². The van der Waals surface area contributed by atoms with Gasteiger partial charge in [-0.15, -0.1) is 0 Å². The second-order valence-electron chi connectivity index (χ2n) is 4.67. The molecule has 0 unspecified atom stereocenters. The lowest BCUT2D eigenvalue weighted by molar-refractivity contribution is 0.576. The van der Waals surface area contributed by atoms with Gasteiger partial charge in [0.15, 0.2) is 5.03 Å². The fourth-order valence-electron chi connectivity index (χ4n) is 2.08. The van der Waals surface area contributed by atoms with E-state index in [1.54, 1.807) is 0 Å². The average molecular weight is 295 g/mol. The number of hydrogen-bond donors (Lipinski definition) is 2. The van der Waals surface area contributed by atoms with E-state index < -0.39 is 10.0 Å². The number of nitrogens with two attached hydrogens (primary N) is 1. The highest BCUT2D eigenvalue weighted by atomic mass is 32.2. The van der Waals surface area contributed by atoms with Crippen LogP contribution in [0.15, 0.2) is 23.4 Å². The SMILES string of the molecule is Cc1cc(C)nc(NCc2cnn(C)c2S(N)(=O)=O)c1. The maximum Gasteiger partial charge on any atom is 0.255 e. The first kappa shape index (κ1) is 14.5. The molecule has 0 saturated heterocycles. The van der Waals surface area contributed by atoms with E-state index in [-0.39, 0.29) is 11.6 Å². The first-order valence-electron chi connectivity index (χ1n) is 6.00. The Kier molecular flexibility index (Phi) is 3.78. The van der Waals surface area contributed by atoms with Crippen molar-refractivity contribution in [2.45, 2.75) is 25.4 Å². The molecule has 7 nitrogen and oxygen atoms in total. The van der Waals surface area contributed by atoms with Crippen LogP contribution in [0, 0.1) is 13.8 Å². The number of aromatic nitrogens is 3. The summed E-state index contributed by atoms with van der Waals surface area (Å²) >= 11 is 0. The lowest BCUT2D eigenvalue weighted by Gasteiger charge is -2.08. The van der Waals surface area contributed by atoms with Crippen molar-refractivity contribution < 1.29 is 8.42 Å². The smallest absolute Gasteiger partial charge is 0.255 e. The van der Waals surface area contributed by atoms with Crippen LogP contribution in [-0.4, -0.2) is 23.2 Å². The third-order valence-corrected chi connectivity index (χ3v) is 3.85. The minimum absolute atomic E-state index is 0.00868. The molecule has 2 aromatic rings. The molecule has 0 aromatic carbocycles. The van der Waals surface area contributed by atoms with Gasteiger partial charge >= 0.3 is 0 Å². The lowest BCUT2D eigenvalue weighted by Crippen LogP contribution is -2.19. The van der Waals surface area contributed by atoms with Crippen LogP contribution in [0.1, 0.15) is 16.8 Å². The summed E-state index contributed by atoms with van der Waals surface area (Å²) in [4.78, 5) is 4.33. The van der Waals surface area contributed by atoms with Crippen molar-refractivity contribution in [3.05, 3.63) is 35.2 Å². The second-order valence-corrected chi connectivity index (χ2v) is 6.14. The Labute approximate surface area is 117 Å². The van der Waals surface area contributed by atoms with Crippen molar-refractivity contribution in [1.82, 2.24) is 14.8 Å². The number of sulfonamides is 1. The van der Waals surface area contributed by atoms with Gasteiger partial charge in [-0.1, -0.05) is 0 Å². The number of nitrogens with zero attached hydrogens (tertiary/aromatic N) is 3. The Morgan fingerprint density at radius 3 is 2.65 bits per heavy atom. The summed E-state index contributed by atoms with van der Waals surface area (Å²) < 4.78 is 24.3. The van der Waals surface area contributed by atoms with Crippen molar-refractivity contribution in [3.63, 3.8) is 0 Å². The van der Waals surface area contributed by atoms with Crippen LogP contribution in [0.3, 0.4) is 0 Å². The van der Waals surface area contributed by atoms with Crippen molar-refractivity contribution in [3.8, 4) is 0 Å². The highest BCUT2D eigenvalue weighted by Crippen LogP contribution is 2.15. The summed E-state index contributed by atoms with van der Waals surface area (Å²) in [5.41, 5.74) is 2.49. The van der Waals surface area contributed by atoms with Crippen LogP contribution in [0.5, 0.6) is 0 Å². The Morgan fingerprint density at radius 2 is 2.05 bits per heavy atom. The first-order chi connectivity index (χ1) is 9.27. The quantitative estimate of drug-likeness (QED) is 0.864. The van der Waals surface area contributed by atoms with E-state index in [1.807, 2.05) is 26.0 Å². The summed E-state index contributed by atoms with van der Waals surface area (Å²) in [5, 5.41) is 12.2. The fraction of sp³-hybridized carbons (Fsp3) is 0.333. The molecule has 3 N–H and O–H groups in total. The topological polar surface area (TPSA) is 103 Å². The zero-order valence-corrected chi connectivity index (χ0v) is 12.4. The molecule has 0 aliphatic carbocycles. The summed E-state index contributed by atoms with van der Waals surface area (Å²) in [6.07, 6.45) is 1.48. The molecule has 8 heteroatoms. The van der Waals surface area contributed by atoms with Crippen LogP contribution in [0.25, 0.3) is 0 Å². The molecule has 0 aliphatic rings. The van der Waals surface area contributed by atoms with Gasteiger partial charge in [0.25, 0.3) is 10.0 Å². The average Bonchev–Trinajstić information content (AvgIpc) is 2.66. The molecule has 0 aliphatic heterocycles. The van der Waals surface area contributed by atoms with Crippen molar-refractivity contribution in [1.29, 1.82) is 0 Å². The number of primary sulfonamides is 1. The Morgan fingerprint density at radius 1 is 1.35 bits per heavy atom. The molecule has 20 heavy (non-hydrogen) atoms. The zero-order valence-electron chi connectivity index (χ0n) is 11.6. The van der Waals surface area contributed by atoms with E-state index in [0.717, 1.165) is 11.3 Å². The minimum atomic E-state index is -3.80. The van der Waals surface area contributed by atoms with Crippen LogP contribution >= 0.6 is 0 Å². The Balaban J connectivity index is 2.24. The molecule has 0 amide bonds. The van der Waals surface area contributed by atoms with E-state index in [0.29, 0.717) is 11.4 Å². The van der Waals surface area contributed by atoms with Gasteiger partial charge in [0.05, 0.1) is 6.20 Å². The molecular weight excluding hydrogens is 278 g/mol. The van der Waals surface area contributed by atoms with Gasteiger partial charge in [0, 0.05) is 24.8 Å². The summed E-state index contributed by atoms with van der Waals surface area (Å²) in [6, 6.07) is 3.85. The van der Waals surface area contributed by atoms with Gasteiger partial charge in [-0.3, -0.25) is 4.68 Å². The van der Waals surface area contributed by atoms with Crippen LogP contribution in [0.4, 0.5) is 5.82 Å². The van der Waals surface area contributed by atoms with Gasteiger partial charge in [-0.2, -0.15) is 5.10 Å². The largest absolute Gasteiger partial charge is 0.366 e. The summed E-state index contributed by atoms with van der Waals surface area (Å²) in [5.74, 6) is 0.687. The predicted octanol–water partition coefficient (Wildman–Crippen LogP) is 0.691. The molecule has 0 bridgehead atoms. The third kappa shape index (κ3) is 3.14. The molecular formula is C12H17N5O2S.